The highest BCUT2D eigenvalue weighted by Crippen LogP contribution is 2.26. The molecule has 0 saturated carbocycles. The molecule has 0 amide bonds. The first-order valence-electron chi connectivity index (χ1n) is 6.27. The summed E-state index contributed by atoms with van der Waals surface area (Å²) in [6.07, 6.45) is 3.20. The maximum absolute atomic E-state index is 13.2. The van der Waals surface area contributed by atoms with E-state index in [4.69, 9.17) is 5.73 Å². The Morgan fingerprint density at radius 1 is 1.24 bits per heavy atom. The van der Waals surface area contributed by atoms with Crippen LogP contribution in [0.3, 0.4) is 0 Å². The molecule has 0 fully saturated rings. The van der Waals surface area contributed by atoms with E-state index in [2.05, 4.69) is 4.98 Å². The quantitative estimate of drug-likeness (QED) is 0.878. The Bertz CT molecular complexity index is 735. The number of hydrogen-bond acceptors (Lipinski definition) is 4. The molecule has 0 bridgehead atoms. The Hall–Kier alpha value is -1.99. The third-order valence-electron chi connectivity index (χ3n) is 3.38. The highest BCUT2D eigenvalue weighted by atomic mass is 32.2. The zero-order valence-electron chi connectivity index (χ0n) is 11.7. The Balaban J connectivity index is 2.36. The number of anilines is 1. The number of aromatic nitrogens is 1. The van der Waals surface area contributed by atoms with Crippen molar-refractivity contribution >= 4 is 15.7 Å². The lowest BCUT2D eigenvalue weighted by Gasteiger charge is -2.24. The van der Waals surface area contributed by atoms with Crippen molar-refractivity contribution in [1.29, 1.82) is 0 Å². The summed E-state index contributed by atoms with van der Waals surface area (Å²) in [6, 6.07) is 6.49. The number of nitrogens with zero attached hydrogens (tertiary/aromatic N) is 2. The number of benzene rings is 1. The number of rotatable bonds is 4. The molecule has 1 atom stereocenters. The van der Waals surface area contributed by atoms with Gasteiger partial charge in [0, 0.05) is 25.5 Å². The van der Waals surface area contributed by atoms with Crippen LogP contribution in [0.2, 0.25) is 0 Å². The Kier molecular flexibility index (Phi) is 4.24. The van der Waals surface area contributed by atoms with Crippen molar-refractivity contribution < 1.29 is 12.8 Å². The third kappa shape index (κ3) is 3.03. The van der Waals surface area contributed by atoms with Crippen molar-refractivity contribution in [3.8, 4) is 0 Å². The molecule has 7 heteroatoms. The summed E-state index contributed by atoms with van der Waals surface area (Å²) in [4.78, 5) is 3.87. The number of pyridine rings is 1. The third-order valence-corrected chi connectivity index (χ3v) is 5.30. The Morgan fingerprint density at radius 2 is 1.86 bits per heavy atom. The van der Waals surface area contributed by atoms with Crippen molar-refractivity contribution in [2.75, 3.05) is 12.8 Å². The van der Waals surface area contributed by atoms with Gasteiger partial charge in [0.2, 0.25) is 10.0 Å². The van der Waals surface area contributed by atoms with E-state index < -0.39 is 15.8 Å². The predicted molar refractivity (Wildman–Crippen MR) is 78.4 cm³/mol. The molecule has 21 heavy (non-hydrogen) atoms. The highest BCUT2D eigenvalue weighted by molar-refractivity contribution is 7.89. The monoisotopic (exact) mass is 309 g/mol. The molecular weight excluding hydrogens is 293 g/mol. The number of nitrogens with two attached hydrogens (primary N) is 1. The highest BCUT2D eigenvalue weighted by Gasteiger charge is 2.26. The lowest BCUT2D eigenvalue weighted by molar-refractivity contribution is 0.398. The zero-order valence-corrected chi connectivity index (χ0v) is 12.5. The average Bonchev–Trinajstić information content (AvgIpc) is 2.49. The van der Waals surface area contributed by atoms with Crippen LogP contribution in [-0.4, -0.2) is 24.8 Å². The summed E-state index contributed by atoms with van der Waals surface area (Å²) >= 11 is 0. The second-order valence-corrected chi connectivity index (χ2v) is 6.66. The molecule has 112 valence electrons. The van der Waals surface area contributed by atoms with E-state index in [1.807, 2.05) is 0 Å². The number of halogens is 1. The van der Waals surface area contributed by atoms with Crippen LogP contribution in [0.25, 0.3) is 0 Å². The fourth-order valence-electron chi connectivity index (χ4n) is 1.91. The SMILES string of the molecule is CC(c1ccncc1)N(C)S(=O)(=O)c1ccc(F)c(N)c1. The van der Waals surface area contributed by atoms with E-state index in [1.165, 1.54) is 17.4 Å². The van der Waals surface area contributed by atoms with Gasteiger partial charge in [-0.05, 0) is 42.8 Å². The van der Waals surface area contributed by atoms with Crippen LogP contribution in [0.4, 0.5) is 10.1 Å². The van der Waals surface area contributed by atoms with Crippen molar-refractivity contribution in [2.45, 2.75) is 17.9 Å². The lowest BCUT2D eigenvalue weighted by Crippen LogP contribution is -2.30. The lowest BCUT2D eigenvalue weighted by atomic mass is 10.1. The van der Waals surface area contributed by atoms with Crippen LogP contribution >= 0.6 is 0 Å². The van der Waals surface area contributed by atoms with E-state index in [0.29, 0.717) is 0 Å². The van der Waals surface area contributed by atoms with Gasteiger partial charge in [0.15, 0.2) is 0 Å². The Morgan fingerprint density at radius 3 is 2.43 bits per heavy atom. The number of nitrogen functional groups attached to an aromatic ring is 1. The molecule has 2 aromatic rings. The van der Waals surface area contributed by atoms with Crippen LogP contribution in [-0.2, 0) is 10.0 Å². The minimum atomic E-state index is -3.76. The molecule has 0 aliphatic rings. The first-order chi connectivity index (χ1) is 9.84. The van der Waals surface area contributed by atoms with Crippen LogP contribution < -0.4 is 5.73 Å². The minimum Gasteiger partial charge on any atom is -0.396 e. The normalized spacial score (nSPS) is 13.3. The molecule has 2 N–H and O–H groups in total. The summed E-state index contributed by atoms with van der Waals surface area (Å²) in [6.45, 7) is 1.76. The molecule has 0 aliphatic heterocycles. The van der Waals surface area contributed by atoms with Gasteiger partial charge in [-0.15, -0.1) is 0 Å². The van der Waals surface area contributed by atoms with Crippen LogP contribution in [0.1, 0.15) is 18.5 Å². The second kappa shape index (κ2) is 5.79. The van der Waals surface area contributed by atoms with Gasteiger partial charge in [0.1, 0.15) is 5.82 Å². The largest absolute Gasteiger partial charge is 0.396 e. The van der Waals surface area contributed by atoms with E-state index in [0.717, 1.165) is 17.7 Å². The van der Waals surface area contributed by atoms with Gasteiger partial charge in [-0.2, -0.15) is 4.31 Å². The second-order valence-electron chi connectivity index (χ2n) is 4.66. The maximum Gasteiger partial charge on any atom is 0.243 e. The van der Waals surface area contributed by atoms with Crippen molar-refractivity contribution in [3.63, 3.8) is 0 Å². The van der Waals surface area contributed by atoms with E-state index in [1.54, 1.807) is 31.5 Å². The molecular formula is C14H16FN3O2S. The van der Waals surface area contributed by atoms with Gasteiger partial charge < -0.3 is 5.73 Å². The summed E-state index contributed by atoms with van der Waals surface area (Å²) in [5, 5.41) is 0. The summed E-state index contributed by atoms with van der Waals surface area (Å²) < 4.78 is 39.5. The average molecular weight is 309 g/mol. The molecule has 0 spiro atoms. The van der Waals surface area contributed by atoms with Gasteiger partial charge >= 0.3 is 0 Å². The topological polar surface area (TPSA) is 76.3 Å². The fraction of sp³-hybridized carbons (Fsp3) is 0.214. The first kappa shape index (κ1) is 15.4. The number of sulfonamides is 1. The van der Waals surface area contributed by atoms with Crippen molar-refractivity contribution in [2.24, 2.45) is 0 Å². The van der Waals surface area contributed by atoms with Crippen LogP contribution in [0.5, 0.6) is 0 Å². The maximum atomic E-state index is 13.2. The van der Waals surface area contributed by atoms with Gasteiger partial charge in [-0.3, -0.25) is 4.98 Å². The van der Waals surface area contributed by atoms with E-state index in [-0.39, 0.29) is 16.6 Å². The van der Waals surface area contributed by atoms with Gasteiger partial charge in [-0.25, -0.2) is 12.8 Å². The van der Waals surface area contributed by atoms with Crippen LogP contribution in [0, 0.1) is 5.82 Å². The molecule has 0 aliphatic carbocycles. The van der Waals surface area contributed by atoms with Crippen molar-refractivity contribution in [1.82, 2.24) is 9.29 Å². The molecule has 2 rings (SSSR count). The molecule has 1 aromatic carbocycles. The molecule has 0 radical (unpaired) electrons. The molecule has 5 nitrogen and oxygen atoms in total. The van der Waals surface area contributed by atoms with Gasteiger partial charge in [-0.1, -0.05) is 0 Å². The van der Waals surface area contributed by atoms with Crippen molar-refractivity contribution in [3.05, 3.63) is 54.1 Å². The van der Waals surface area contributed by atoms with Crippen LogP contribution in [0.15, 0.2) is 47.6 Å². The smallest absolute Gasteiger partial charge is 0.243 e. The predicted octanol–water partition coefficient (Wildman–Crippen LogP) is 2.18. The number of hydrogen-bond donors (Lipinski definition) is 1. The summed E-state index contributed by atoms with van der Waals surface area (Å²) in [7, 11) is -2.29. The fourth-order valence-corrected chi connectivity index (χ4v) is 3.30. The Labute approximate surface area is 123 Å². The minimum absolute atomic E-state index is 0.0372. The molecule has 1 heterocycles. The molecule has 1 aromatic heterocycles. The summed E-state index contributed by atoms with van der Waals surface area (Å²) in [5.74, 6) is -0.640. The van der Waals surface area contributed by atoms with E-state index >= 15 is 0 Å². The molecule has 0 saturated heterocycles. The van der Waals surface area contributed by atoms with E-state index in [9.17, 15) is 12.8 Å². The van der Waals surface area contributed by atoms with Gasteiger partial charge in [0.25, 0.3) is 0 Å². The summed E-state index contributed by atoms with van der Waals surface area (Å²) in [5.41, 5.74) is 6.06. The standard InChI is InChI=1S/C14H16FN3O2S/c1-10(11-5-7-17-8-6-11)18(2)21(19,20)12-3-4-13(15)14(16)9-12/h3-10H,16H2,1-2H3. The zero-order chi connectivity index (χ0) is 15.6. The molecule has 1 unspecified atom stereocenters. The first-order valence-corrected chi connectivity index (χ1v) is 7.71. The van der Waals surface area contributed by atoms with Gasteiger partial charge in [0.05, 0.1) is 10.6 Å².